The number of amides is 1. The van der Waals surface area contributed by atoms with Gasteiger partial charge in [-0.1, -0.05) is 48.0 Å². The van der Waals surface area contributed by atoms with Gasteiger partial charge in [0.1, 0.15) is 11.7 Å². The van der Waals surface area contributed by atoms with Crippen molar-refractivity contribution in [3.05, 3.63) is 111 Å². The Kier molecular flexibility index (Phi) is 5.07. The lowest BCUT2D eigenvalue weighted by Gasteiger charge is -2.24. The number of aliphatic imine (C=N–C) groups is 1. The van der Waals surface area contributed by atoms with E-state index in [0.29, 0.717) is 27.8 Å². The highest BCUT2D eigenvalue weighted by Gasteiger charge is 2.30. The Hall–Kier alpha value is -3.77. The molecular formula is C25H19ClN4O2. The molecule has 0 fully saturated rings. The third kappa shape index (κ3) is 3.59. The van der Waals surface area contributed by atoms with Crippen LogP contribution in [0.15, 0.2) is 88.8 Å². The number of nitrogens with zero attached hydrogens (tertiary/aromatic N) is 4. The number of aromatic nitrogens is 2. The molecule has 7 heteroatoms. The zero-order chi connectivity index (χ0) is 22.2. The minimum atomic E-state index is -0.613. The molecule has 0 spiro atoms. The van der Waals surface area contributed by atoms with Crippen molar-refractivity contribution in [2.45, 2.75) is 19.5 Å². The summed E-state index contributed by atoms with van der Waals surface area (Å²) in [6.45, 7) is 1.92. The number of fused-ring (bicyclic) bond motifs is 2. The topological polar surface area (TPSA) is 67.0 Å². The molecule has 1 amide bonds. The predicted octanol–water partition coefficient (Wildman–Crippen LogP) is 4.12. The van der Waals surface area contributed by atoms with Gasteiger partial charge in [-0.25, -0.2) is 4.98 Å². The van der Waals surface area contributed by atoms with Crippen molar-refractivity contribution in [2.24, 2.45) is 4.99 Å². The molecule has 6 nitrogen and oxygen atoms in total. The number of benzodiazepines with no additional fused rings is 1. The van der Waals surface area contributed by atoms with Crippen molar-refractivity contribution in [2.75, 3.05) is 4.90 Å². The lowest BCUT2D eigenvalue weighted by molar-refractivity contribution is -0.119. The van der Waals surface area contributed by atoms with Gasteiger partial charge in [-0.2, -0.15) is 0 Å². The number of benzene rings is 2. The van der Waals surface area contributed by atoms with Crippen LogP contribution in [0.4, 0.5) is 5.69 Å². The van der Waals surface area contributed by atoms with Crippen molar-refractivity contribution in [3.63, 3.8) is 0 Å². The number of halogens is 1. The van der Waals surface area contributed by atoms with Crippen LogP contribution < -0.4 is 10.5 Å². The molecule has 0 radical (unpaired) electrons. The summed E-state index contributed by atoms with van der Waals surface area (Å²) in [5.74, 6) is -0.172. The molecule has 1 atom stereocenters. The highest BCUT2D eigenvalue weighted by molar-refractivity contribution is 6.32. The van der Waals surface area contributed by atoms with E-state index in [0.717, 1.165) is 11.1 Å². The van der Waals surface area contributed by atoms with Gasteiger partial charge in [0.2, 0.25) is 0 Å². The van der Waals surface area contributed by atoms with Crippen LogP contribution in [0.2, 0.25) is 5.02 Å². The van der Waals surface area contributed by atoms with Gasteiger partial charge in [0, 0.05) is 28.4 Å². The number of rotatable bonds is 3. The van der Waals surface area contributed by atoms with E-state index < -0.39 is 6.04 Å². The van der Waals surface area contributed by atoms with Crippen LogP contribution >= 0.6 is 11.6 Å². The summed E-state index contributed by atoms with van der Waals surface area (Å²) in [6.07, 6.45) is 1.67. The predicted molar refractivity (Wildman–Crippen MR) is 126 cm³/mol. The Bertz CT molecular complexity index is 1430. The Morgan fingerprint density at radius 1 is 0.969 bits per heavy atom. The van der Waals surface area contributed by atoms with Gasteiger partial charge in [0.05, 0.1) is 23.6 Å². The van der Waals surface area contributed by atoms with Crippen LogP contribution in [0, 0.1) is 0 Å². The van der Waals surface area contributed by atoms with E-state index >= 15 is 0 Å². The van der Waals surface area contributed by atoms with Crippen LogP contribution in [0.25, 0.3) is 5.65 Å². The minimum Gasteiger partial charge on any atom is -0.304 e. The summed E-state index contributed by atoms with van der Waals surface area (Å²) in [5, 5.41) is 0.552. The van der Waals surface area contributed by atoms with E-state index in [9.17, 15) is 9.59 Å². The second-order valence-electron chi connectivity index (χ2n) is 7.62. The first-order chi connectivity index (χ1) is 15.5. The lowest BCUT2D eigenvalue weighted by Crippen LogP contribution is -2.36. The zero-order valence-electron chi connectivity index (χ0n) is 17.3. The molecule has 0 saturated heterocycles. The highest BCUT2D eigenvalue weighted by Crippen LogP contribution is 2.31. The summed E-state index contributed by atoms with van der Waals surface area (Å²) in [6, 6.07) is 21.3. The fourth-order valence-corrected chi connectivity index (χ4v) is 4.10. The SMILES string of the molecule is CC1N=C(c2ccccc2)c2cc(Cl)ccc2N(Cc2cc(=O)n3ccccc3n2)C1=O. The molecule has 32 heavy (non-hydrogen) atoms. The van der Waals surface area contributed by atoms with Gasteiger partial charge in [-0.3, -0.25) is 19.0 Å². The molecule has 0 N–H and O–H groups in total. The minimum absolute atomic E-state index is 0.149. The normalized spacial score (nSPS) is 15.9. The van der Waals surface area contributed by atoms with Gasteiger partial charge in [0.15, 0.2) is 0 Å². The number of hydrogen-bond acceptors (Lipinski definition) is 4. The molecule has 4 aromatic rings. The maximum absolute atomic E-state index is 13.4. The van der Waals surface area contributed by atoms with Crippen molar-refractivity contribution >= 4 is 34.6 Å². The molecule has 1 unspecified atom stereocenters. The van der Waals surface area contributed by atoms with Gasteiger partial charge >= 0.3 is 0 Å². The molecule has 0 saturated carbocycles. The fourth-order valence-electron chi connectivity index (χ4n) is 3.93. The van der Waals surface area contributed by atoms with Crippen LogP contribution in [0.3, 0.4) is 0 Å². The van der Waals surface area contributed by atoms with Gasteiger partial charge in [-0.15, -0.1) is 0 Å². The van der Waals surface area contributed by atoms with Crippen LogP contribution in [-0.2, 0) is 11.3 Å². The van der Waals surface area contributed by atoms with Gasteiger partial charge in [-0.05, 0) is 37.3 Å². The first-order valence-corrected chi connectivity index (χ1v) is 10.6. The van der Waals surface area contributed by atoms with Crippen molar-refractivity contribution in [1.82, 2.24) is 9.38 Å². The van der Waals surface area contributed by atoms with Crippen molar-refractivity contribution in [1.29, 1.82) is 0 Å². The molecule has 1 aliphatic rings. The second kappa shape index (κ2) is 8.05. The average Bonchev–Trinajstić information content (AvgIpc) is 2.90. The van der Waals surface area contributed by atoms with E-state index in [1.165, 1.54) is 10.5 Å². The smallest absolute Gasteiger partial charge is 0.258 e. The van der Waals surface area contributed by atoms with E-state index in [1.807, 2.05) is 48.5 Å². The number of carbonyl (C=O) groups excluding carboxylic acids is 1. The monoisotopic (exact) mass is 442 g/mol. The number of carbonyl (C=O) groups is 1. The highest BCUT2D eigenvalue weighted by atomic mass is 35.5. The molecule has 158 valence electrons. The Morgan fingerprint density at radius 3 is 2.56 bits per heavy atom. The number of anilines is 1. The Labute approximate surface area is 189 Å². The second-order valence-corrected chi connectivity index (χ2v) is 8.06. The van der Waals surface area contributed by atoms with Crippen LogP contribution in [-0.4, -0.2) is 27.0 Å². The standard InChI is InChI=1S/C25H19ClN4O2/c1-16-25(32)30(15-19-14-23(31)29-12-6-5-9-22(29)28-19)21-11-10-18(26)13-20(21)24(27-16)17-7-3-2-4-8-17/h2-14,16H,15H2,1H3. The molecule has 2 aromatic heterocycles. The lowest BCUT2D eigenvalue weighted by atomic mass is 10.00. The summed E-state index contributed by atoms with van der Waals surface area (Å²) in [5.41, 5.74) is 3.89. The van der Waals surface area contributed by atoms with Gasteiger partial charge in [0.25, 0.3) is 11.5 Å². The summed E-state index contributed by atoms with van der Waals surface area (Å²) >= 11 is 6.33. The number of pyridine rings is 1. The molecule has 0 bridgehead atoms. The first-order valence-electron chi connectivity index (χ1n) is 10.2. The zero-order valence-corrected chi connectivity index (χ0v) is 18.0. The van der Waals surface area contributed by atoms with E-state index in [-0.39, 0.29) is 18.0 Å². The van der Waals surface area contributed by atoms with E-state index in [4.69, 9.17) is 16.6 Å². The van der Waals surface area contributed by atoms with Crippen molar-refractivity contribution in [3.8, 4) is 0 Å². The summed E-state index contributed by atoms with van der Waals surface area (Å²) in [4.78, 5) is 36.9. The van der Waals surface area contributed by atoms with Crippen LogP contribution in [0.1, 0.15) is 23.7 Å². The first kappa shape index (κ1) is 20.2. The van der Waals surface area contributed by atoms with E-state index in [2.05, 4.69) is 4.98 Å². The maximum Gasteiger partial charge on any atom is 0.258 e. The average molecular weight is 443 g/mol. The molecule has 1 aliphatic heterocycles. The molecule has 3 heterocycles. The fraction of sp³-hybridized carbons (Fsp3) is 0.120. The quantitative estimate of drug-likeness (QED) is 0.479. The van der Waals surface area contributed by atoms with Crippen LogP contribution in [0.5, 0.6) is 0 Å². The molecular weight excluding hydrogens is 424 g/mol. The molecule has 5 rings (SSSR count). The van der Waals surface area contributed by atoms with E-state index in [1.54, 1.807) is 36.2 Å². The largest absolute Gasteiger partial charge is 0.304 e. The summed E-state index contributed by atoms with van der Waals surface area (Å²) in [7, 11) is 0. The van der Waals surface area contributed by atoms with Gasteiger partial charge < -0.3 is 4.90 Å². The number of hydrogen-bond donors (Lipinski definition) is 0. The Morgan fingerprint density at radius 2 is 1.75 bits per heavy atom. The molecule has 2 aromatic carbocycles. The third-order valence-corrected chi connectivity index (χ3v) is 5.68. The maximum atomic E-state index is 13.4. The van der Waals surface area contributed by atoms with Crippen molar-refractivity contribution < 1.29 is 4.79 Å². The summed E-state index contributed by atoms with van der Waals surface area (Å²) < 4.78 is 1.47. The Balaban J connectivity index is 1.65. The molecule has 0 aliphatic carbocycles. The third-order valence-electron chi connectivity index (χ3n) is 5.44.